The molecule has 0 aliphatic carbocycles. The lowest BCUT2D eigenvalue weighted by molar-refractivity contribution is 0.0639. The molecule has 1 aromatic heterocycles. The third kappa shape index (κ3) is 2.55. The Labute approximate surface area is 116 Å². The summed E-state index contributed by atoms with van der Waals surface area (Å²) in [6.07, 6.45) is 0. The zero-order valence-corrected chi connectivity index (χ0v) is 11.4. The van der Waals surface area contributed by atoms with Gasteiger partial charge in [0.1, 0.15) is 0 Å². The Morgan fingerprint density at radius 1 is 1.21 bits per heavy atom. The Hall–Kier alpha value is -1.65. The quantitative estimate of drug-likeness (QED) is 0.911. The number of rotatable bonds is 2. The highest BCUT2D eigenvalue weighted by molar-refractivity contribution is 7.12. The van der Waals surface area contributed by atoms with Crippen LogP contribution in [0.5, 0.6) is 0 Å². The van der Waals surface area contributed by atoms with Crippen molar-refractivity contribution >= 4 is 17.2 Å². The van der Waals surface area contributed by atoms with Crippen LogP contribution >= 0.6 is 11.3 Å². The highest BCUT2D eigenvalue weighted by atomic mass is 32.1. The summed E-state index contributed by atoms with van der Waals surface area (Å²) in [6.45, 7) is 2.44. The van der Waals surface area contributed by atoms with Crippen molar-refractivity contribution in [3.05, 3.63) is 58.3 Å². The molecule has 98 valence electrons. The molecule has 1 saturated heterocycles. The molecule has 0 bridgehead atoms. The summed E-state index contributed by atoms with van der Waals surface area (Å²) in [7, 11) is 0. The second kappa shape index (κ2) is 5.55. The number of amides is 1. The van der Waals surface area contributed by atoms with E-state index in [-0.39, 0.29) is 11.9 Å². The van der Waals surface area contributed by atoms with Crippen LogP contribution in [0.1, 0.15) is 21.3 Å². The van der Waals surface area contributed by atoms with Gasteiger partial charge in [0, 0.05) is 19.6 Å². The van der Waals surface area contributed by atoms with Gasteiger partial charge in [0.2, 0.25) is 0 Å². The lowest BCUT2D eigenvalue weighted by atomic mass is 10.0. The van der Waals surface area contributed by atoms with E-state index in [2.05, 4.69) is 17.4 Å². The first-order chi connectivity index (χ1) is 9.36. The Bertz CT molecular complexity index is 539. The molecular formula is C15H16N2OS. The minimum Gasteiger partial charge on any atom is -0.328 e. The number of piperazine rings is 1. The predicted molar refractivity (Wildman–Crippen MR) is 77.4 cm³/mol. The van der Waals surface area contributed by atoms with Gasteiger partial charge in [0.15, 0.2) is 0 Å². The van der Waals surface area contributed by atoms with Crippen LogP contribution in [0.2, 0.25) is 0 Å². The fourth-order valence-corrected chi connectivity index (χ4v) is 3.14. The van der Waals surface area contributed by atoms with Gasteiger partial charge in [-0.05, 0) is 17.0 Å². The molecule has 2 heterocycles. The summed E-state index contributed by atoms with van der Waals surface area (Å²) in [6, 6.07) is 14.2. The average Bonchev–Trinajstić information content (AvgIpc) is 3.02. The molecule has 2 aromatic rings. The second-order valence-corrected chi connectivity index (χ2v) is 5.55. The van der Waals surface area contributed by atoms with Crippen molar-refractivity contribution in [1.29, 1.82) is 0 Å². The Balaban J connectivity index is 1.87. The fourth-order valence-electron chi connectivity index (χ4n) is 2.46. The summed E-state index contributed by atoms with van der Waals surface area (Å²) < 4.78 is 0. The number of nitrogens with zero attached hydrogens (tertiary/aromatic N) is 1. The van der Waals surface area contributed by atoms with Crippen LogP contribution in [0.25, 0.3) is 0 Å². The van der Waals surface area contributed by atoms with Crippen molar-refractivity contribution in [1.82, 2.24) is 10.2 Å². The van der Waals surface area contributed by atoms with Crippen LogP contribution < -0.4 is 5.32 Å². The van der Waals surface area contributed by atoms with Gasteiger partial charge in [-0.25, -0.2) is 0 Å². The summed E-state index contributed by atoms with van der Waals surface area (Å²) in [5.41, 5.74) is 1.19. The largest absolute Gasteiger partial charge is 0.328 e. The summed E-state index contributed by atoms with van der Waals surface area (Å²) in [5, 5.41) is 5.32. The van der Waals surface area contributed by atoms with Crippen molar-refractivity contribution in [2.75, 3.05) is 19.6 Å². The van der Waals surface area contributed by atoms with Crippen LogP contribution in [-0.4, -0.2) is 30.4 Å². The van der Waals surface area contributed by atoms with E-state index in [1.807, 2.05) is 40.6 Å². The average molecular weight is 272 g/mol. The van der Waals surface area contributed by atoms with Gasteiger partial charge in [-0.1, -0.05) is 36.4 Å². The Morgan fingerprint density at radius 3 is 2.79 bits per heavy atom. The first-order valence-corrected chi connectivity index (χ1v) is 7.34. The topological polar surface area (TPSA) is 32.3 Å². The van der Waals surface area contributed by atoms with Crippen LogP contribution in [0.4, 0.5) is 0 Å². The number of hydrogen-bond acceptors (Lipinski definition) is 3. The van der Waals surface area contributed by atoms with Gasteiger partial charge >= 0.3 is 0 Å². The van der Waals surface area contributed by atoms with E-state index in [0.29, 0.717) is 0 Å². The molecule has 4 heteroatoms. The van der Waals surface area contributed by atoms with E-state index in [4.69, 9.17) is 0 Å². The maximum absolute atomic E-state index is 12.6. The molecule has 19 heavy (non-hydrogen) atoms. The van der Waals surface area contributed by atoms with Gasteiger partial charge < -0.3 is 10.2 Å². The van der Waals surface area contributed by atoms with Crippen LogP contribution in [0.3, 0.4) is 0 Å². The molecule has 1 atom stereocenters. The summed E-state index contributed by atoms with van der Waals surface area (Å²) in [5.74, 6) is 0.144. The maximum atomic E-state index is 12.6. The normalized spacial score (nSPS) is 19.4. The first kappa shape index (κ1) is 12.4. The Kier molecular flexibility index (Phi) is 3.62. The van der Waals surface area contributed by atoms with E-state index < -0.39 is 0 Å². The molecule has 0 spiro atoms. The minimum absolute atomic E-state index is 0.129. The molecule has 1 aliphatic heterocycles. The molecule has 0 saturated carbocycles. The molecule has 1 N–H and O–H groups in total. The van der Waals surface area contributed by atoms with Gasteiger partial charge in [-0.2, -0.15) is 0 Å². The molecule has 0 radical (unpaired) electrons. The summed E-state index contributed by atoms with van der Waals surface area (Å²) in [4.78, 5) is 15.4. The van der Waals surface area contributed by atoms with E-state index in [1.54, 1.807) is 0 Å². The molecule has 1 fully saturated rings. The maximum Gasteiger partial charge on any atom is 0.264 e. The smallest absolute Gasteiger partial charge is 0.264 e. The van der Waals surface area contributed by atoms with E-state index in [0.717, 1.165) is 24.5 Å². The number of nitrogens with one attached hydrogen (secondary N) is 1. The molecule has 1 aromatic carbocycles. The van der Waals surface area contributed by atoms with E-state index in [9.17, 15) is 4.79 Å². The minimum atomic E-state index is 0.129. The zero-order valence-electron chi connectivity index (χ0n) is 10.6. The fraction of sp³-hybridized carbons (Fsp3) is 0.267. The third-order valence-corrected chi connectivity index (χ3v) is 4.28. The molecule has 1 unspecified atom stereocenters. The van der Waals surface area contributed by atoms with Crippen molar-refractivity contribution in [2.45, 2.75) is 6.04 Å². The molecule has 1 aliphatic rings. The number of carbonyl (C=O) groups is 1. The zero-order chi connectivity index (χ0) is 13.1. The number of hydrogen-bond donors (Lipinski definition) is 1. The first-order valence-electron chi connectivity index (χ1n) is 6.46. The number of thiophene rings is 1. The third-order valence-electron chi connectivity index (χ3n) is 3.42. The SMILES string of the molecule is O=C(c1cccs1)N1CCNCC1c1ccccc1. The summed E-state index contributed by atoms with van der Waals surface area (Å²) >= 11 is 1.51. The van der Waals surface area contributed by atoms with Crippen molar-refractivity contribution in [2.24, 2.45) is 0 Å². The van der Waals surface area contributed by atoms with Gasteiger partial charge in [0.25, 0.3) is 5.91 Å². The molecule has 3 rings (SSSR count). The Morgan fingerprint density at radius 2 is 2.05 bits per heavy atom. The lowest BCUT2D eigenvalue weighted by Gasteiger charge is -2.36. The van der Waals surface area contributed by atoms with Crippen molar-refractivity contribution in [3.8, 4) is 0 Å². The predicted octanol–water partition coefficient (Wildman–Crippen LogP) is 2.53. The van der Waals surface area contributed by atoms with E-state index in [1.165, 1.54) is 16.9 Å². The van der Waals surface area contributed by atoms with Crippen molar-refractivity contribution < 1.29 is 4.79 Å². The second-order valence-electron chi connectivity index (χ2n) is 4.61. The van der Waals surface area contributed by atoms with Gasteiger partial charge in [0.05, 0.1) is 10.9 Å². The van der Waals surface area contributed by atoms with Crippen LogP contribution in [0, 0.1) is 0 Å². The van der Waals surface area contributed by atoms with Crippen LogP contribution in [-0.2, 0) is 0 Å². The lowest BCUT2D eigenvalue weighted by Crippen LogP contribution is -2.48. The number of benzene rings is 1. The number of carbonyl (C=O) groups excluding carboxylic acids is 1. The molecule has 3 nitrogen and oxygen atoms in total. The standard InChI is InChI=1S/C15H16N2OS/c18-15(14-7-4-10-19-14)17-9-8-16-11-13(17)12-5-2-1-3-6-12/h1-7,10,13,16H,8-9,11H2. The van der Waals surface area contributed by atoms with Gasteiger partial charge in [-0.15, -0.1) is 11.3 Å². The highest BCUT2D eigenvalue weighted by Crippen LogP contribution is 2.25. The van der Waals surface area contributed by atoms with Crippen molar-refractivity contribution in [3.63, 3.8) is 0 Å². The van der Waals surface area contributed by atoms with Gasteiger partial charge in [-0.3, -0.25) is 4.79 Å². The monoisotopic (exact) mass is 272 g/mol. The molecular weight excluding hydrogens is 256 g/mol. The van der Waals surface area contributed by atoms with E-state index >= 15 is 0 Å². The molecule has 1 amide bonds. The highest BCUT2D eigenvalue weighted by Gasteiger charge is 2.28. The van der Waals surface area contributed by atoms with Crippen LogP contribution in [0.15, 0.2) is 47.8 Å².